The van der Waals surface area contributed by atoms with Gasteiger partial charge >= 0.3 is 0 Å². The maximum absolute atomic E-state index is 12.7. The minimum absolute atomic E-state index is 0.000722. The van der Waals surface area contributed by atoms with Gasteiger partial charge in [0, 0.05) is 6.54 Å². The van der Waals surface area contributed by atoms with Crippen LogP contribution in [0.4, 0.5) is 0 Å². The van der Waals surface area contributed by atoms with Crippen LogP contribution in [0.15, 0.2) is 27.3 Å². The smallest absolute Gasteiger partial charge is 0.259 e. The second-order valence-electron chi connectivity index (χ2n) is 8.04. The van der Waals surface area contributed by atoms with Crippen molar-refractivity contribution in [1.82, 2.24) is 15.0 Å². The molecule has 2 aromatic heterocycles. The van der Waals surface area contributed by atoms with Crippen LogP contribution in [0, 0.1) is 19.8 Å². The van der Waals surface area contributed by atoms with Crippen LogP contribution in [0.1, 0.15) is 40.4 Å². The molecule has 2 fully saturated rings. The molecule has 2 aromatic rings. The summed E-state index contributed by atoms with van der Waals surface area (Å²) in [6.45, 7) is 7.45. The second kappa shape index (κ2) is 7.13. The van der Waals surface area contributed by atoms with Crippen LogP contribution in [-0.4, -0.2) is 59.8 Å². The minimum Gasteiger partial charge on any atom is -0.468 e. The normalized spacial score (nSPS) is 21.6. The molecule has 146 valence electrons. The van der Waals surface area contributed by atoms with Gasteiger partial charge < -0.3 is 18.6 Å². The van der Waals surface area contributed by atoms with Crippen molar-refractivity contribution >= 4 is 5.91 Å². The van der Waals surface area contributed by atoms with Crippen molar-refractivity contribution in [3.05, 3.63) is 41.2 Å². The van der Waals surface area contributed by atoms with Crippen LogP contribution < -0.4 is 0 Å². The lowest BCUT2D eigenvalue weighted by atomic mass is 9.82. The molecule has 2 aliphatic rings. The highest BCUT2D eigenvalue weighted by molar-refractivity contribution is 5.96. The number of furan rings is 1. The molecule has 0 saturated carbocycles. The highest BCUT2D eigenvalue weighted by Gasteiger charge is 2.49. The Morgan fingerprint density at radius 3 is 2.81 bits per heavy atom. The first-order chi connectivity index (χ1) is 13.0. The molecule has 27 heavy (non-hydrogen) atoms. The molecule has 0 aliphatic carbocycles. The maximum atomic E-state index is 12.7. The summed E-state index contributed by atoms with van der Waals surface area (Å²) in [5.74, 6) is 2.09. The number of nitrogens with zero attached hydrogens (tertiary/aromatic N) is 3. The van der Waals surface area contributed by atoms with Gasteiger partial charge in [0.1, 0.15) is 22.7 Å². The Morgan fingerprint density at radius 2 is 2.22 bits per heavy atom. The third-order valence-electron chi connectivity index (χ3n) is 5.70. The van der Waals surface area contributed by atoms with Crippen molar-refractivity contribution in [3.63, 3.8) is 0 Å². The molecule has 0 aromatic carbocycles. The van der Waals surface area contributed by atoms with E-state index in [2.05, 4.69) is 17.1 Å². The van der Waals surface area contributed by atoms with Gasteiger partial charge in [0.25, 0.3) is 5.91 Å². The molecule has 1 atom stereocenters. The van der Waals surface area contributed by atoms with Crippen molar-refractivity contribution in [1.29, 1.82) is 0 Å². The summed E-state index contributed by atoms with van der Waals surface area (Å²) in [5, 5.41) is 3.88. The van der Waals surface area contributed by atoms with Crippen molar-refractivity contribution in [2.75, 3.05) is 33.3 Å². The monoisotopic (exact) mass is 373 g/mol. The molecular weight excluding hydrogens is 346 g/mol. The van der Waals surface area contributed by atoms with Gasteiger partial charge in [0.15, 0.2) is 0 Å². The fourth-order valence-electron chi connectivity index (χ4n) is 4.22. The van der Waals surface area contributed by atoms with E-state index in [0.29, 0.717) is 36.0 Å². The molecule has 0 N–H and O–H groups in total. The van der Waals surface area contributed by atoms with E-state index in [4.69, 9.17) is 13.7 Å². The topological polar surface area (TPSA) is 72.0 Å². The van der Waals surface area contributed by atoms with Gasteiger partial charge in [0.2, 0.25) is 0 Å². The number of rotatable bonds is 5. The van der Waals surface area contributed by atoms with Crippen LogP contribution in [0.3, 0.4) is 0 Å². The number of aryl methyl sites for hydroxylation is 2. The third kappa shape index (κ3) is 3.66. The zero-order valence-corrected chi connectivity index (χ0v) is 16.2. The molecule has 1 amide bonds. The van der Waals surface area contributed by atoms with Crippen molar-refractivity contribution in [3.8, 4) is 0 Å². The van der Waals surface area contributed by atoms with Crippen molar-refractivity contribution in [2.45, 2.75) is 38.8 Å². The Morgan fingerprint density at radius 1 is 1.41 bits per heavy atom. The fourth-order valence-corrected chi connectivity index (χ4v) is 4.22. The van der Waals surface area contributed by atoms with Crippen LogP contribution in [-0.2, 0) is 11.3 Å². The number of ether oxygens (including phenoxy) is 1. The van der Waals surface area contributed by atoms with Gasteiger partial charge in [-0.15, -0.1) is 0 Å². The molecule has 2 aliphatic heterocycles. The number of likely N-dealkylation sites (tertiary alicyclic amines) is 1. The molecule has 0 radical (unpaired) electrons. The second-order valence-corrected chi connectivity index (χ2v) is 8.04. The zero-order chi connectivity index (χ0) is 19.0. The third-order valence-corrected chi connectivity index (χ3v) is 5.70. The van der Waals surface area contributed by atoms with Crippen LogP contribution in [0.2, 0.25) is 0 Å². The Labute approximate surface area is 159 Å². The lowest BCUT2D eigenvalue weighted by Crippen LogP contribution is -2.66. The molecule has 7 nitrogen and oxygen atoms in total. The predicted molar refractivity (Wildman–Crippen MR) is 98.3 cm³/mol. The number of hydrogen-bond acceptors (Lipinski definition) is 6. The van der Waals surface area contributed by atoms with Crippen molar-refractivity contribution < 1.29 is 18.5 Å². The van der Waals surface area contributed by atoms with E-state index >= 15 is 0 Å². The summed E-state index contributed by atoms with van der Waals surface area (Å²) in [6.07, 6.45) is 3.83. The highest BCUT2D eigenvalue weighted by atomic mass is 16.5. The molecular formula is C20H27N3O4. The van der Waals surface area contributed by atoms with E-state index < -0.39 is 0 Å². The first-order valence-electron chi connectivity index (χ1n) is 9.53. The summed E-state index contributed by atoms with van der Waals surface area (Å²) in [7, 11) is 2.11. The largest absolute Gasteiger partial charge is 0.468 e. The van der Waals surface area contributed by atoms with Gasteiger partial charge in [0.05, 0.1) is 38.2 Å². The maximum Gasteiger partial charge on any atom is 0.259 e. The van der Waals surface area contributed by atoms with E-state index in [1.807, 2.05) is 17.0 Å². The van der Waals surface area contributed by atoms with E-state index in [1.165, 1.54) is 0 Å². The fraction of sp³-hybridized carbons (Fsp3) is 0.600. The standard InChI is InChI=1S/C20H27N3O4/c1-14-18(15(2)27-21-14)19(24)23-12-20(13-23)7-6-16(11-26-20)9-22(3)10-17-5-4-8-25-17/h4-5,8,16H,6-7,9-13H2,1-3H3/t16-/m1/s1. The molecule has 1 spiro atoms. The molecule has 0 bridgehead atoms. The molecule has 4 heterocycles. The Balaban J connectivity index is 1.25. The number of carbonyl (C=O) groups excluding carboxylic acids is 1. The zero-order valence-electron chi connectivity index (χ0n) is 16.2. The van der Waals surface area contributed by atoms with E-state index in [-0.39, 0.29) is 11.5 Å². The summed E-state index contributed by atoms with van der Waals surface area (Å²) < 4.78 is 16.8. The molecule has 4 rings (SSSR count). The van der Waals surface area contributed by atoms with Gasteiger partial charge in [-0.05, 0) is 51.8 Å². The average Bonchev–Trinajstić information content (AvgIpc) is 3.23. The first kappa shape index (κ1) is 18.3. The SMILES string of the molecule is Cc1noc(C)c1C(=O)N1CC2(CC[C@H](CN(C)Cc3ccco3)CO2)C1. The summed E-state index contributed by atoms with van der Waals surface area (Å²) in [5.41, 5.74) is 1.09. The molecule has 0 unspecified atom stereocenters. The Bertz CT molecular complexity index is 763. The summed E-state index contributed by atoms with van der Waals surface area (Å²) in [4.78, 5) is 16.8. The van der Waals surface area contributed by atoms with Crippen LogP contribution >= 0.6 is 0 Å². The van der Waals surface area contributed by atoms with E-state index in [1.54, 1.807) is 20.1 Å². The lowest BCUT2D eigenvalue weighted by Gasteiger charge is -2.52. The number of hydrogen-bond donors (Lipinski definition) is 0. The summed E-state index contributed by atoms with van der Waals surface area (Å²) >= 11 is 0. The van der Waals surface area contributed by atoms with Gasteiger partial charge in [-0.3, -0.25) is 9.69 Å². The van der Waals surface area contributed by atoms with Crippen LogP contribution in [0.5, 0.6) is 0 Å². The Hall–Kier alpha value is -2.12. The molecule has 2 saturated heterocycles. The van der Waals surface area contributed by atoms with Crippen LogP contribution in [0.25, 0.3) is 0 Å². The highest BCUT2D eigenvalue weighted by Crippen LogP contribution is 2.37. The van der Waals surface area contributed by atoms with E-state index in [9.17, 15) is 4.79 Å². The lowest BCUT2D eigenvalue weighted by molar-refractivity contribution is -0.168. The quantitative estimate of drug-likeness (QED) is 0.802. The van der Waals surface area contributed by atoms with Gasteiger partial charge in [-0.1, -0.05) is 5.16 Å². The number of aromatic nitrogens is 1. The summed E-state index contributed by atoms with van der Waals surface area (Å²) in [6, 6.07) is 3.92. The molecule has 7 heteroatoms. The van der Waals surface area contributed by atoms with Gasteiger partial charge in [-0.2, -0.15) is 0 Å². The average molecular weight is 373 g/mol. The Kier molecular flexibility index (Phi) is 4.82. The minimum atomic E-state index is -0.162. The van der Waals surface area contributed by atoms with Gasteiger partial charge in [-0.25, -0.2) is 0 Å². The van der Waals surface area contributed by atoms with E-state index in [0.717, 1.165) is 38.3 Å². The number of carbonyl (C=O) groups is 1. The number of amides is 1. The van der Waals surface area contributed by atoms with Crippen molar-refractivity contribution in [2.24, 2.45) is 5.92 Å². The predicted octanol–water partition coefficient (Wildman–Crippen LogP) is 2.64. The first-order valence-corrected chi connectivity index (χ1v) is 9.53.